The summed E-state index contributed by atoms with van der Waals surface area (Å²) in [5.74, 6) is 0.644. The zero-order valence-corrected chi connectivity index (χ0v) is 10.4. The van der Waals surface area contributed by atoms with Crippen molar-refractivity contribution >= 4 is 28.8 Å². The van der Waals surface area contributed by atoms with Crippen molar-refractivity contribution in [3.05, 3.63) is 22.4 Å². The van der Waals surface area contributed by atoms with Crippen molar-refractivity contribution in [3.8, 4) is 0 Å². The lowest BCUT2D eigenvalue weighted by Crippen LogP contribution is -2.33. The van der Waals surface area contributed by atoms with E-state index in [2.05, 4.69) is 22.1 Å². The van der Waals surface area contributed by atoms with Crippen LogP contribution >= 0.6 is 22.9 Å². The van der Waals surface area contributed by atoms with Gasteiger partial charge in [-0.3, -0.25) is 4.79 Å². The molecule has 1 unspecified atom stereocenters. The molecule has 0 saturated carbocycles. The van der Waals surface area contributed by atoms with Gasteiger partial charge in [0.15, 0.2) is 0 Å². The first-order valence-corrected chi connectivity index (χ1v) is 6.56. The van der Waals surface area contributed by atoms with Gasteiger partial charge in [-0.2, -0.15) is 11.3 Å². The van der Waals surface area contributed by atoms with E-state index < -0.39 is 0 Å². The van der Waals surface area contributed by atoms with Crippen LogP contribution in [0.3, 0.4) is 0 Å². The highest BCUT2D eigenvalue weighted by molar-refractivity contribution is 7.07. The molecular weight excluding hydrogens is 230 g/mol. The molecule has 4 heteroatoms. The fourth-order valence-electron chi connectivity index (χ4n) is 1.39. The van der Waals surface area contributed by atoms with E-state index in [0.717, 1.165) is 12.8 Å². The van der Waals surface area contributed by atoms with Gasteiger partial charge in [0.1, 0.15) is 0 Å². The minimum Gasteiger partial charge on any atom is -0.353 e. The van der Waals surface area contributed by atoms with Crippen LogP contribution in [-0.4, -0.2) is 17.8 Å². The van der Waals surface area contributed by atoms with Gasteiger partial charge < -0.3 is 5.32 Å². The Morgan fingerprint density at radius 1 is 1.67 bits per heavy atom. The molecule has 0 spiro atoms. The molecule has 0 aliphatic heterocycles. The summed E-state index contributed by atoms with van der Waals surface area (Å²) in [6.45, 7) is 2.02. The van der Waals surface area contributed by atoms with Gasteiger partial charge >= 0.3 is 0 Å². The molecule has 0 fully saturated rings. The predicted octanol–water partition coefficient (Wildman–Crippen LogP) is 2.81. The maximum absolute atomic E-state index is 11.4. The molecule has 1 N–H and O–H groups in total. The number of alkyl halides is 1. The Morgan fingerprint density at radius 2 is 2.47 bits per heavy atom. The van der Waals surface area contributed by atoms with Gasteiger partial charge in [-0.05, 0) is 42.2 Å². The Balaban J connectivity index is 2.23. The molecule has 15 heavy (non-hydrogen) atoms. The van der Waals surface area contributed by atoms with E-state index in [1.54, 1.807) is 11.3 Å². The molecule has 2 nitrogen and oxygen atoms in total. The number of rotatable bonds is 6. The third-order valence-electron chi connectivity index (χ3n) is 2.07. The summed E-state index contributed by atoms with van der Waals surface area (Å²) in [4.78, 5) is 11.4. The molecule has 1 aromatic heterocycles. The zero-order chi connectivity index (χ0) is 11.1. The lowest BCUT2D eigenvalue weighted by atomic mass is 10.1. The molecule has 1 atom stereocenters. The number of amides is 1. The second-order valence-electron chi connectivity index (χ2n) is 3.60. The Bertz CT molecular complexity index is 287. The van der Waals surface area contributed by atoms with Crippen molar-refractivity contribution in [1.82, 2.24) is 5.32 Å². The molecular formula is C11H16ClNOS. The quantitative estimate of drug-likeness (QED) is 0.768. The number of carbonyl (C=O) groups excluding carboxylic acids is 1. The smallest absolute Gasteiger partial charge is 0.220 e. The fourth-order valence-corrected chi connectivity index (χ4v) is 2.20. The first-order chi connectivity index (χ1) is 7.22. The first-order valence-electron chi connectivity index (χ1n) is 5.08. The van der Waals surface area contributed by atoms with E-state index in [-0.39, 0.29) is 11.9 Å². The summed E-state index contributed by atoms with van der Waals surface area (Å²) >= 11 is 7.20. The van der Waals surface area contributed by atoms with Crippen molar-refractivity contribution in [2.45, 2.75) is 32.2 Å². The van der Waals surface area contributed by atoms with Gasteiger partial charge in [0.05, 0.1) is 0 Å². The molecule has 0 saturated heterocycles. The lowest BCUT2D eigenvalue weighted by Gasteiger charge is -2.12. The highest BCUT2D eigenvalue weighted by Gasteiger charge is 2.07. The summed E-state index contributed by atoms with van der Waals surface area (Å²) < 4.78 is 0. The van der Waals surface area contributed by atoms with Crippen molar-refractivity contribution < 1.29 is 4.79 Å². The van der Waals surface area contributed by atoms with Gasteiger partial charge in [0, 0.05) is 18.3 Å². The number of halogens is 1. The Morgan fingerprint density at radius 3 is 3.07 bits per heavy atom. The number of hydrogen-bond donors (Lipinski definition) is 1. The average Bonchev–Trinajstić information content (AvgIpc) is 2.67. The van der Waals surface area contributed by atoms with Gasteiger partial charge in [-0.1, -0.05) is 0 Å². The molecule has 1 amide bonds. The Hall–Kier alpha value is -0.540. The van der Waals surface area contributed by atoms with E-state index in [4.69, 9.17) is 11.6 Å². The highest BCUT2D eigenvalue weighted by atomic mass is 35.5. The SMILES string of the molecule is CC(Cc1ccsc1)NC(=O)CCCCl. The maximum Gasteiger partial charge on any atom is 0.220 e. The largest absolute Gasteiger partial charge is 0.353 e. The van der Waals surface area contributed by atoms with E-state index >= 15 is 0 Å². The number of hydrogen-bond acceptors (Lipinski definition) is 2. The molecule has 0 aromatic carbocycles. The van der Waals surface area contributed by atoms with Gasteiger partial charge in [0.2, 0.25) is 5.91 Å². The van der Waals surface area contributed by atoms with Crippen LogP contribution < -0.4 is 5.32 Å². The second-order valence-corrected chi connectivity index (χ2v) is 4.75. The molecule has 84 valence electrons. The summed E-state index contributed by atoms with van der Waals surface area (Å²) in [7, 11) is 0. The van der Waals surface area contributed by atoms with Crippen LogP contribution in [0.4, 0.5) is 0 Å². The van der Waals surface area contributed by atoms with Crippen LogP contribution in [0.2, 0.25) is 0 Å². The van der Waals surface area contributed by atoms with Gasteiger partial charge in [0.25, 0.3) is 0 Å². The number of carbonyl (C=O) groups is 1. The maximum atomic E-state index is 11.4. The molecule has 0 aliphatic carbocycles. The molecule has 0 aliphatic rings. The molecule has 0 bridgehead atoms. The predicted molar refractivity (Wildman–Crippen MR) is 65.6 cm³/mol. The third-order valence-corrected chi connectivity index (χ3v) is 3.07. The Kier molecular flexibility index (Phi) is 5.73. The van der Waals surface area contributed by atoms with Crippen molar-refractivity contribution in [3.63, 3.8) is 0 Å². The van der Waals surface area contributed by atoms with Gasteiger partial charge in [-0.15, -0.1) is 11.6 Å². The highest BCUT2D eigenvalue weighted by Crippen LogP contribution is 2.08. The molecule has 1 rings (SSSR count). The Labute approximate surface area is 99.6 Å². The van der Waals surface area contributed by atoms with Crippen LogP contribution in [0.1, 0.15) is 25.3 Å². The minimum atomic E-state index is 0.0957. The summed E-state index contributed by atoms with van der Waals surface area (Å²) in [6, 6.07) is 2.29. The summed E-state index contributed by atoms with van der Waals surface area (Å²) in [5.41, 5.74) is 1.28. The topological polar surface area (TPSA) is 29.1 Å². The molecule has 0 radical (unpaired) electrons. The zero-order valence-electron chi connectivity index (χ0n) is 8.83. The molecule has 1 heterocycles. The van der Waals surface area contributed by atoms with Crippen LogP contribution in [0.25, 0.3) is 0 Å². The number of thiophene rings is 1. The summed E-state index contributed by atoms with van der Waals surface area (Å²) in [5, 5.41) is 7.13. The van der Waals surface area contributed by atoms with E-state index in [1.165, 1.54) is 5.56 Å². The van der Waals surface area contributed by atoms with Crippen molar-refractivity contribution in [1.29, 1.82) is 0 Å². The first kappa shape index (κ1) is 12.5. The second kappa shape index (κ2) is 6.85. The standard InChI is InChI=1S/C11H16ClNOS/c1-9(7-10-4-6-15-8-10)13-11(14)3-2-5-12/h4,6,8-9H,2-3,5,7H2,1H3,(H,13,14). The van der Waals surface area contributed by atoms with Crippen LogP contribution in [-0.2, 0) is 11.2 Å². The fraction of sp³-hybridized carbons (Fsp3) is 0.545. The lowest BCUT2D eigenvalue weighted by molar-refractivity contribution is -0.121. The summed E-state index contributed by atoms with van der Waals surface area (Å²) in [6.07, 6.45) is 2.17. The normalized spacial score (nSPS) is 12.4. The minimum absolute atomic E-state index is 0.0957. The van der Waals surface area contributed by atoms with Crippen LogP contribution in [0.5, 0.6) is 0 Å². The van der Waals surface area contributed by atoms with E-state index in [1.807, 2.05) is 6.92 Å². The average molecular weight is 246 g/mol. The van der Waals surface area contributed by atoms with E-state index in [0.29, 0.717) is 12.3 Å². The van der Waals surface area contributed by atoms with Crippen LogP contribution in [0.15, 0.2) is 16.8 Å². The van der Waals surface area contributed by atoms with Crippen LogP contribution in [0, 0.1) is 0 Å². The van der Waals surface area contributed by atoms with Crippen molar-refractivity contribution in [2.75, 3.05) is 5.88 Å². The third kappa shape index (κ3) is 5.19. The monoisotopic (exact) mass is 245 g/mol. The van der Waals surface area contributed by atoms with Crippen molar-refractivity contribution in [2.24, 2.45) is 0 Å². The molecule has 1 aromatic rings. The van der Waals surface area contributed by atoms with E-state index in [9.17, 15) is 4.79 Å². The number of nitrogens with one attached hydrogen (secondary N) is 1. The van der Waals surface area contributed by atoms with Gasteiger partial charge in [-0.25, -0.2) is 0 Å².